The zero-order chi connectivity index (χ0) is 17.4. The molecule has 1 aromatic rings. The molecule has 1 fully saturated rings. The molecule has 0 atom stereocenters. The highest BCUT2D eigenvalue weighted by molar-refractivity contribution is 5.92. The van der Waals surface area contributed by atoms with Gasteiger partial charge in [-0.1, -0.05) is 44.2 Å². The molecule has 0 aliphatic carbocycles. The Morgan fingerprint density at radius 1 is 1.17 bits per heavy atom. The van der Waals surface area contributed by atoms with E-state index >= 15 is 0 Å². The summed E-state index contributed by atoms with van der Waals surface area (Å²) in [6.07, 6.45) is 6.88. The van der Waals surface area contributed by atoms with Crippen LogP contribution >= 0.6 is 0 Å². The largest absolute Gasteiger partial charge is 0.353 e. The Hall–Kier alpha value is -2.10. The van der Waals surface area contributed by atoms with Gasteiger partial charge >= 0.3 is 0 Å². The molecule has 1 heterocycles. The molecule has 130 valence electrons. The Kier molecular flexibility index (Phi) is 7.04. The number of carbonyl (C=O) groups is 2. The topological polar surface area (TPSA) is 49.4 Å². The van der Waals surface area contributed by atoms with Crippen LogP contribution in [0, 0.1) is 5.92 Å². The Balaban J connectivity index is 1.80. The summed E-state index contributed by atoms with van der Waals surface area (Å²) in [5.41, 5.74) is 1.02. The standard InChI is InChI=1S/C20H28N2O2/c1-3-18(4-2)21-20(24)17-12-14-22(15-13-17)19(23)11-10-16-8-6-5-7-9-16/h5-11,17-18H,3-4,12-15H2,1-2H3,(H,21,24). The molecular weight excluding hydrogens is 300 g/mol. The maximum absolute atomic E-state index is 12.3. The van der Waals surface area contributed by atoms with Gasteiger partial charge in [-0.05, 0) is 37.3 Å². The molecule has 1 aromatic carbocycles. The average molecular weight is 328 g/mol. The first-order valence-corrected chi connectivity index (χ1v) is 8.96. The van der Waals surface area contributed by atoms with Crippen LogP contribution < -0.4 is 5.32 Å². The van der Waals surface area contributed by atoms with Crippen LogP contribution in [0.25, 0.3) is 6.08 Å². The van der Waals surface area contributed by atoms with E-state index in [2.05, 4.69) is 19.2 Å². The second-order valence-corrected chi connectivity index (χ2v) is 6.37. The summed E-state index contributed by atoms with van der Waals surface area (Å²) in [5, 5.41) is 3.12. The van der Waals surface area contributed by atoms with Crippen molar-refractivity contribution in [2.45, 2.75) is 45.6 Å². The predicted octanol–water partition coefficient (Wildman–Crippen LogP) is 3.24. The molecule has 2 amide bonds. The molecule has 1 aliphatic heterocycles. The van der Waals surface area contributed by atoms with Gasteiger partial charge < -0.3 is 10.2 Å². The number of hydrogen-bond donors (Lipinski definition) is 1. The maximum atomic E-state index is 12.3. The van der Waals surface area contributed by atoms with Gasteiger partial charge in [0.05, 0.1) is 0 Å². The Morgan fingerprint density at radius 2 is 1.79 bits per heavy atom. The number of benzene rings is 1. The van der Waals surface area contributed by atoms with Crippen molar-refractivity contribution in [2.24, 2.45) is 5.92 Å². The highest BCUT2D eigenvalue weighted by atomic mass is 16.2. The number of likely N-dealkylation sites (tertiary alicyclic amines) is 1. The molecule has 0 unspecified atom stereocenters. The molecule has 1 saturated heterocycles. The number of piperidine rings is 1. The molecule has 4 heteroatoms. The third-order valence-electron chi connectivity index (χ3n) is 4.73. The van der Waals surface area contributed by atoms with Crippen LogP contribution in [0.4, 0.5) is 0 Å². The van der Waals surface area contributed by atoms with Crippen molar-refractivity contribution < 1.29 is 9.59 Å². The van der Waals surface area contributed by atoms with Gasteiger partial charge in [-0.3, -0.25) is 9.59 Å². The number of rotatable bonds is 6. The summed E-state index contributed by atoms with van der Waals surface area (Å²) >= 11 is 0. The third-order valence-corrected chi connectivity index (χ3v) is 4.73. The zero-order valence-electron chi connectivity index (χ0n) is 14.7. The second-order valence-electron chi connectivity index (χ2n) is 6.37. The van der Waals surface area contributed by atoms with Crippen LogP contribution in [0.3, 0.4) is 0 Å². The molecular formula is C20H28N2O2. The van der Waals surface area contributed by atoms with Crippen LogP contribution in [0.2, 0.25) is 0 Å². The van der Waals surface area contributed by atoms with E-state index < -0.39 is 0 Å². The first kappa shape index (κ1) is 18.2. The number of nitrogens with zero attached hydrogens (tertiary/aromatic N) is 1. The Bertz CT molecular complexity index is 556. The van der Waals surface area contributed by atoms with Crippen LogP contribution in [0.15, 0.2) is 36.4 Å². The summed E-state index contributed by atoms with van der Waals surface area (Å²) in [7, 11) is 0. The second kappa shape index (κ2) is 9.26. The van der Waals surface area contributed by atoms with Crippen molar-refractivity contribution in [2.75, 3.05) is 13.1 Å². The van der Waals surface area contributed by atoms with Gasteiger partial charge in [-0.15, -0.1) is 0 Å². The van der Waals surface area contributed by atoms with Gasteiger partial charge in [-0.2, -0.15) is 0 Å². The first-order chi connectivity index (χ1) is 11.6. The van der Waals surface area contributed by atoms with Crippen molar-refractivity contribution >= 4 is 17.9 Å². The summed E-state index contributed by atoms with van der Waals surface area (Å²) in [5.74, 6) is 0.209. The van der Waals surface area contributed by atoms with E-state index in [4.69, 9.17) is 0 Å². The van der Waals surface area contributed by atoms with E-state index in [0.717, 1.165) is 31.2 Å². The number of hydrogen-bond acceptors (Lipinski definition) is 2. The van der Waals surface area contributed by atoms with E-state index in [0.29, 0.717) is 13.1 Å². The minimum absolute atomic E-state index is 0.0257. The van der Waals surface area contributed by atoms with E-state index in [9.17, 15) is 9.59 Å². The molecule has 1 N–H and O–H groups in total. The zero-order valence-corrected chi connectivity index (χ0v) is 14.7. The van der Waals surface area contributed by atoms with Crippen molar-refractivity contribution in [3.63, 3.8) is 0 Å². The van der Waals surface area contributed by atoms with Crippen LogP contribution in [-0.4, -0.2) is 35.8 Å². The van der Waals surface area contributed by atoms with Crippen LogP contribution in [0.1, 0.15) is 45.1 Å². The van der Waals surface area contributed by atoms with E-state index in [1.54, 1.807) is 6.08 Å². The molecule has 0 bridgehead atoms. The number of nitrogens with one attached hydrogen (secondary N) is 1. The summed E-state index contributed by atoms with van der Waals surface area (Å²) in [4.78, 5) is 26.4. The maximum Gasteiger partial charge on any atom is 0.246 e. The highest BCUT2D eigenvalue weighted by Crippen LogP contribution is 2.18. The quantitative estimate of drug-likeness (QED) is 0.815. The van der Waals surface area contributed by atoms with Crippen molar-refractivity contribution in [1.82, 2.24) is 10.2 Å². The van der Waals surface area contributed by atoms with Crippen molar-refractivity contribution in [1.29, 1.82) is 0 Å². The minimum atomic E-state index is 0.0257. The third kappa shape index (κ3) is 5.22. The van der Waals surface area contributed by atoms with Gasteiger partial charge in [0, 0.05) is 31.1 Å². The lowest BCUT2D eigenvalue weighted by molar-refractivity contribution is -0.132. The van der Waals surface area contributed by atoms with Gasteiger partial charge in [0.2, 0.25) is 11.8 Å². The van der Waals surface area contributed by atoms with Gasteiger partial charge in [0.25, 0.3) is 0 Å². The van der Waals surface area contributed by atoms with Crippen molar-refractivity contribution in [3.05, 3.63) is 42.0 Å². The molecule has 24 heavy (non-hydrogen) atoms. The van der Waals surface area contributed by atoms with E-state index in [1.165, 1.54) is 0 Å². The van der Waals surface area contributed by atoms with Crippen LogP contribution in [0.5, 0.6) is 0 Å². The summed E-state index contributed by atoms with van der Waals surface area (Å²) in [6.45, 7) is 5.49. The smallest absolute Gasteiger partial charge is 0.246 e. The van der Waals surface area contributed by atoms with Gasteiger partial charge in [0.1, 0.15) is 0 Å². The number of carbonyl (C=O) groups excluding carboxylic acids is 2. The molecule has 1 aliphatic rings. The summed E-state index contributed by atoms with van der Waals surface area (Å²) in [6, 6.07) is 10.1. The lowest BCUT2D eigenvalue weighted by Crippen LogP contribution is -2.44. The van der Waals surface area contributed by atoms with Crippen molar-refractivity contribution in [3.8, 4) is 0 Å². The molecule has 0 saturated carbocycles. The summed E-state index contributed by atoms with van der Waals surface area (Å²) < 4.78 is 0. The monoisotopic (exact) mass is 328 g/mol. The molecule has 0 aromatic heterocycles. The highest BCUT2D eigenvalue weighted by Gasteiger charge is 2.27. The fourth-order valence-electron chi connectivity index (χ4n) is 3.01. The van der Waals surface area contributed by atoms with Crippen LogP contribution in [-0.2, 0) is 9.59 Å². The molecule has 0 radical (unpaired) electrons. The molecule has 2 rings (SSSR count). The predicted molar refractivity (Wildman–Crippen MR) is 97.3 cm³/mol. The Morgan fingerprint density at radius 3 is 2.38 bits per heavy atom. The van der Waals surface area contributed by atoms with E-state index in [1.807, 2.05) is 41.3 Å². The lowest BCUT2D eigenvalue weighted by Gasteiger charge is -2.31. The fraction of sp³-hybridized carbons (Fsp3) is 0.500. The fourth-order valence-corrected chi connectivity index (χ4v) is 3.01. The lowest BCUT2D eigenvalue weighted by atomic mass is 9.95. The molecule has 4 nitrogen and oxygen atoms in total. The van der Waals surface area contributed by atoms with Gasteiger partial charge in [0.15, 0.2) is 0 Å². The Labute approximate surface area is 144 Å². The normalized spacial score (nSPS) is 15.9. The molecule has 0 spiro atoms. The SMILES string of the molecule is CCC(CC)NC(=O)C1CCN(C(=O)C=Cc2ccccc2)CC1. The first-order valence-electron chi connectivity index (χ1n) is 8.96. The van der Waals surface area contributed by atoms with E-state index in [-0.39, 0.29) is 23.8 Å². The van der Waals surface area contributed by atoms with Gasteiger partial charge in [-0.25, -0.2) is 0 Å². The minimum Gasteiger partial charge on any atom is -0.353 e. The average Bonchev–Trinajstić information content (AvgIpc) is 2.65. The number of amides is 2.